The molecule has 132 valence electrons. The second kappa shape index (κ2) is 6.38. The molecule has 0 radical (unpaired) electrons. The van der Waals surface area contributed by atoms with E-state index >= 15 is 0 Å². The van der Waals surface area contributed by atoms with E-state index in [9.17, 15) is 9.59 Å². The number of nitrogens with one attached hydrogen (secondary N) is 1. The SMILES string of the molecule is Cn1nc(C2CCN(C(=O)Nc3ccccc3)CC2)n(C2CC2)c1=O. The summed E-state index contributed by atoms with van der Waals surface area (Å²) in [4.78, 5) is 26.5. The van der Waals surface area contributed by atoms with Crippen molar-refractivity contribution in [1.29, 1.82) is 0 Å². The van der Waals surface area contributed by atoms with Crippen LogP contribution in [-0.4, -0.2) is 38.4 Å². The number of amides is 2. The lowest BCUT2D eigenvalue weighted by Crippen LogP contribution is -2.41. The van der Waals surface area contributed by atoms with E-state index < -0.39 is 0 Å². The highest BCUT2D eigenvalue weighted by Gasteiger charge is 2.34. The van der Waals surface area contributed by atoms with Gasteiger partial charge in [0.15, 0.2) is 0 Å². The summed E-state index contributed by atoms with van der Waals surface area (Å²) in [5, 5.41) is 7.41. The van der Waals surface area contributed by atoms with Crippen molar-refractivity contribution in [3.05, 3.63) is 46.6 Å². The van der Waals surface area contributed by atoms with Gasteiger partial charge >= 0.3 is 11.7 Å². The van der Waals surface area contributed by atoms with Crippen LogP contribution in [0.2, 0.25) is 0 Å². The van der Waals surface area contributed by atoms with Gasteiger partial charge in [-0.3, -0.25) is 4.57 Å². The van der Waals surface area contributed by atoms with Crippen molar-refractivity contribution in [3.63, 3.8) is 0 Å². The van der Waals surface area contributed by atoms with Gasteiger partial charge in [0.2, 0.25) is 0 Å². The lowest BCUT2D eigenvalue weighted by atomic mass is 9.96. The van der Waals surface area contributed by atoms with Crippen molar-refractivity contribution in [1.82, 2.24) is 19.2 Å². The van der Waals surface area contributed by atoms with Crippen molar-refractivity contribution in [2.75, 3.05) is 18.4 Å². The Kier molecular flexibility index (Phi) is 4.07. The highest BCUT2D eigenvalue weighted by atomic mass is 16.2. The monoisotopic (exact) mass is 341 g/mol. The number of aromatic nitrogens is 3. The summed E-state index contributed by atoms with van der Waals surface area (Å²) in [5.74, 6) is 1.15. The van der Waals surface area contributed by atoms with Crippen molar-refractivity contribution >= 4 is 11.7 Å². The molecule has 1 saturated carbocycles. The Morgan fingerprint density at radius 1 is 1.12 bits per heavy atom. The highest BCUT2D eigenvalue weighted by molar-refractivity contribution is 5.89. The minimum absolute atomic E-state index is 0.0123. The zero-order chi connectivity index (χ0) is 17.4. The molecule has 0 unspecified atom stereocenters. The van der Waals surface area contributed by atoms with Gasteiger partial charge in [0.1, 0.15) is 5.82 Å². The fraction of sp³-hybridized carbons (Fsp3) is 0.500. The number of hydrogen-bond acceptors (Lipinski definition) is 3. The average Bonchev–Trinajstić information content (AvgIpc) is 3.42. The Morgan fingerprint density at radius 3 is 2.44 bits per heavy atom. The summed E-state index contributed by atoms with van der Waals surface area (Å²) in [6, 6.07) is 9.76. The largest absolute Gasteiger partial charge is 0.345 e. The number of hydrogen-bond donors (Lipinski definition) is 1. The second-order valence-corrected chi connectivity index (χ2v) is 6.92. The van der Waals surface area contributed by atoms with Crippen LogP contribution in [0.4, 0.5) is 10.5 Å². The highest BCUT2D eigenvalue weighted by Crippen LogP contribution is 2.37. The molecule has 7 heteroatoms. The molecule has 0 spiro atoms. The maximum Gasteiger partial charge on any atom is 0.345 e. The van der Waals surface area contributed by atoms with E-state index in [-0.39, 0.29) is 17.6 Å². The summed E-state index contributed by atoms with van der Waals surface area (Å²) in [7, 11) is 1.72. The van der Waals surface area contributed by atoms with Gasteiger partial charge in [-0.25, -0.2) is 14.3 Å². The minimum atomic E-state index is -0.0646. The summed E-state index contributed by atoms with van der Waals surface area (Å²) < 4.78 is 3.33. The van der Waals surface area contributed by atoms with Gasteiger partial charge in [-0.15, -0.1) is 0 Å². The topological polar surface area (TPSA) is 72.2 Å². The van der Waals surface area contributed by atoms with Crippen molar-refractivity contribution in [3.8, 4) is 0 Å². The quantitative estimate of drug-likeness (QED) is 0.931. The second-order valence-electron chi connectivity index (χ2n) is 6.92. The fourth-order valence-electron chi connectivity index (χ4n) is 3.52. The first-order valence-electron chi connectivity index (χ1n) is 8.90. The molecule has 1 saturated heterocycles. The molecule has 2 heterocycles. The molecule has 1 N–H and O–H groups in total. The number of aryl methyl sites for hydroxylation is 1. The van der Waals surface area contributed by atoms with Crippen LogP contribution < -0.4 is 11.0 Å². The number of carbonyl (C=O) groups excluding carboxylic acids is 1. The molecule has 0 atom stereocenters. The predicted octanol–water partition coefficient (Wildman–Crippen LogP) is 2.33. The van der Waals surface area contributed by atoms with Gasteiger partial charge in [0.25, 0.3) is 0 Å². The summed E-state index contributed by atoms with van der Waals surface area (Å²) in [5.41, 5.74) is 0.795. The van der Waals surface area contributed by atoms with Crippen molar-refractivity contribution < 1.29 is 4.79 Å². The Morgan fingerprint density at radius 2 is 1.80 bits per heavy atom. The molecule has 1 aromatic heterocycles. The molecule has 1 aromatic carbocycles. The van der Waals surface area contributed by atoms with Gasteiger partial charge < -0.3 is 10.2 Å². The molecular weight excluding hydrogens is 318 g/mol. The smallest absolute Gasteiger partial charge is 0.324 e. The van der Waals surface area contributed by atoms with Crippen LogP contribution in [0.1, 0.15) is 43.5 Å². The Hall–Kier alpha value is -2.57. The van der Waals surface area contributed by atoms with E-state index in [2.05, 4.69) is 10.4 Å². The number of benzene rings is 1. The first kappa shape index (κ1) is 15.9. The minimum Gasteiger partial charge on any atom is -0.324 e. The van der Waals surface area contributed by atoms with E-state index in [0.717, 1.165) is 37.2 Å². The number of likely N-dealkylation sites (tertiary alicyclic amines) is 1. The molecule has 0 bridgehead atoms. The number of rotatable bonds is 3. The predicted molar refractivity (Wildman–Crippen MR) is 94.7 cm³/mol. The number of urea groups is 1. The van der Waals surface area contributed by atoms with E-state index in [0.29, 0.717) is 19.1 Å². The number of anilines is 1. The normalized spacial score (nSPS) is 18.4. The van der Waals surface area contributed by atoms with Gasteiger partial charge in [-0.2, -0.15) is 5.10 Å². The third-order valence-corrected chi connectivity index (χ3v) is 5.07. The number of nitrogens with zero attached hydrogens (tertiary/aromatic N) is 4. The molecule has 2 amide bonds. The fourth-order valence-corrected chi connectivity index (χ4v) is 3.52. The van der Waals surface area contributed by atoms with E-state index in [1.165, 1.54) is 4.68 Å². The molecule has 4 rings (SSSR count). The lowest BCUT2D eigenvalue weighted by Gasteiger charge is -2.31. The van der Waals surface area contributed by atoms with Gasteiger partial charge in [0.05, 0.1) is 0 Å². The van der Waals surface area contributed by atoms with Crippen molar-refractivity contribution in [2.24, 2.45) is 7.05 Å². The molecule has 25 heavy (non-hydrogen) atoms. The third kappa shape index (κ3) is 3.18. The molecule has 2 aromatic rings. The average molecular weight is 341 g/mol. The summed E-state index contributed by atoms with van der Waals surface area (Å²) in [6.07, 6.45) is 3.81. The van der Waals surface area contributed by atoms with Crippen molar-refractivity contribution in [2.45, 2.75) is 37.6 Å². The summed E-state index contributed by atoms with van der Waals surface area (Å²) >= 11 is 0. The first-order valence-corrected chi connectivity index (χ1v) is 8.90. The van der Waals surface area contributed by atoms with Gasteiger partial charge in [0, 0.05) is 37.8 Å². The molecule has 2 fully saturated rings. The maximum atomic E-state index is 12.4. The number of piperidine rings is 1. The van der Waals surface area contributed by atoms with Crippen LogP contribution in [-0.2, 0) is 7.05 Å². The van der Waals surface area contributed by atoms with Gasteiger partial charge in [-0.1, -0.05) is 18.2 Å². The number of carbonyl (C=O) groups is 1. The molecule has 1 aliphatic carbocycles. The van der Waals surface area contributed by atoms with Crippen LogP contribution in [0.5, 0.6) is 0 Å². The standard InChI is InChI=1S/C18H23N5O2/c1-21-18(25)23(15-7-8-15)16(20-21)13-9-11-22(12-10-13)17(24)19-14-5-3-2-4-6-14/h2-6,13,15H,7-12H2,1H3,(H,19,24). The zero-order valence-electron chi connectivity index (χ0n) is 14.4. The van der Waals surface area contributed by atoms with Crippen LogP contribution in [0.25, 0.3) is 0 Å². The third-order valence-electron chi connectivity index (χ3n) is 5.07. The zero-order valence-corrected chi connectivity index (χ0v) is 14.4. The Bertz CT molecular complexity index is 814. The lowest BCUT2D eigenvalue weighted by molar-refractivity contribution is 0.192. The van der Waals surface area contributed by atoms with E-state index in [1.54, 1.807) is 7.05 Å². The van der Waals surface area contributed by atoms with E-state index in [1.807, 2.05) is 39.8 Å². The van der Waals surface area contributed by atoms with E-state index in [4.69, 9.17) is 0 Å². The first-order chi connectivity index (χ1) is 12.1. The van der Waals surface area contributed by atoms with Crippen LogP contribution in [0.3, 0.4) is 0 Å². The molecule has 2 aliphatic rings. The van der Waals surface area contributed by atoms with Crippen LogP contribution >= 0.6 is 0 Å². The van der Waals surface area contributed by atoms with Gasteiger partial charge in [-0.05, 0) is 37.8 Å². The maximum absolute atomic E-state index is 12.4. The molecule has 7 nitrogen and oxygen atoms in total. The molecular formula is C18H23N5O2. The molecule has 1 aliphatic heterocycles. The van der Waals surface area contributed by atoms with Crippen LogP contribution in [0.15, 0.2) is 35.1 Å². The van der Waals surface area contributed by atoms with Crippen LogP contribution in [0, 0.1) is 0 Å². The Labute approximate surface area is 146 Å². The summed E-state index contributed by atoms with van der Waals surface area (Å²) in [6.45, 7) is 1.36. The number of para-hydroxylation sites is 1. The Balaban J connectivity index is 1.41.